The van der Waals surface area contributed by atoms with Gasteiger partial charge in [0.25, 0.3) is 5.91 Å². The summed E-state index contributed by atoms with van der Waals surface area (Å²) in [5, 5.41) is 6.80. The molecule has 1 aromatic carbocycles. The Hall–Kier alpha value is -1.46. The molecule has 5 nitrogen and oxygen atoms in total. The van der Waals surface area contributed by atoms with Crippen molar-refractivity contribution in [1.82, 2.24) is 10.6 Å². The zero-order valence-electron chi connectivity index (χ0n) is 15.8. The van der Waals surface area contributed by atoms with Gasteiger partial charge in [0.05, 0.1) is 13.2 Å². The number of halogens is 1. The quantitative estimate of drug-likeness (QED) is 0.673. The fourth-order valence-electron chi connectivity index (χ4n) is 3.81. The lowest BCUT2D eigenvalue weighted by Gasteiger charge is -2.29. The second-order valence-corrected chi connectivity index (χ2v) is 7.08. The van der Waals surface area contributed by atoms with Crippen LogP contribution in [-0.4, -0.2) is 37.2 Å². The molecule has 2 fully saturated rings. The zero-order chi connectivity index (χ0) is 17.6. The highest BCUT2D eigenvalue weighted by Gasteiger charge is 2.34. The van der Waals surface area contributed by atoms with Crippen molar-refractivity contribution in [2.24, 2.45) is 0 Å². The van der Waals surface area contributed by atoms with Crippen LogP contribution in [-0.2, 0) is 0 Å². The number of unbranched alkanes of at least 4 members (excludes halogenated alkanes) is 1. The first-order chi connectivity index (χ1) is 12.2. The largest absolute Gasteiger partial charge is 0.490 e. The molecule has 6 heteroatoms. The number of nitrogens with one attached hydrogen (secondary N) is 2. The minimum Gasteiger partial charge on any atom is -0.490 e. The number of amides is 1. The first-order valence-electron chi connectivity index (χ1n) is 9.66. The van der Waals surface area contributed by atoms with E-state index in [-0.39, 0.29) is 24.4 Å². The summed E-state index contributed by atoms with van der Waals surface area (Å²) in [6.45, 7) is 5.29. The third-order valence-corrected chi connectivity index (χ3v) is 5.07. The van der Waals surface area contributed by atoms with Gasteiger partial charge < -0.3 is 20.1 Å². The summed E-state index contributed by atoms with van der Waals surface area (Å²) < 4.78 is 11.5. The van der Waals surface area contributed by atoms with E-state index in [1.54, 1.807) is 6.07 Å². The van der Waals surface area contributed by atoms with Crippen LogP contribution in [0.2, 0.25) is 0 Å². The fraction of sp³-hybridized carbons (Fsp3) is 0.650. The summed E-state index contributed by atoms with van der Waals surface area (Å²) in [5.74, 6) is 1.34. The molecule has 2 aliphatic heterocycles. The maximum atomic E-state index is 12.6. The summed E-state index contributed by atoms with van der Waals surface area (Å²) in [5.41, 5.74) is 0.636. The number of carbonyl (C=O) groups is 1. The van der Waals surface area contributed by atoms with Gasteiger partial charge in [-0.25, -0.2) is 0 Å². The normalized spacial score (nSPS) is 23.8. The number of rotatable bonds is 8. The maximum Gasteiger partial charge on any atom is 0.251 e. The van der Waals surface area contributed by atoms with Crippen LogP contribution in [0.5, 0.6) is 11.5 Å². The summed E-state index contributed by atoms with van der Waals surface area (Å²) >= 11 is 0. The van der Waals surface area contributed by atoms with E-state index < -0.39 is 0 Å². The molecule has 2 aliphatic rings. The van der Waals surface area contributed by atoms with Crippen LogP contribution in [0, 0.1) is 0 Å². The molecule has 2 bridgehead atoms. The van der Waals surface area contributed by atoms with E-state index in [2.05, 4.69) is 17.6 Å². The summed E-state index contributed by atoms with van der Waals surface area (Å²) in [4.78, 5) is 12.6. The molecule has 0 aromatic heterocycles. The molecule has 0 saturated carbocycles. The van der Waals surface area contributed by atoms with Crippen molar-refractivity contribution in [2.75, 3.05) is 13.2 Å². The van der Waals surface area contributed by atoms with E-state index >= 15 is 0 Å². The molecule has 2 saturated heterocycles. The van der Waals surface area contributed by atoms with Gasteiger partial charge in [-0.2, -0.15) is 0 Å². The Morgan fingerprint density at radius 3 is 2.54 bits per heavy atom. The Bertz CT molecular complexity index is 584. The van der Waals surface area contributed by atoms with Gasteiger partial charge in [-0.3, -0.25) is 4.79 Å². The number of hydrogen-bond donors (Lipinski definition) is 2. The van der Waals surface area contributed by atoms with Gasteiger partial charge in [-0.05, 0) is 57.2 Å². The molecule has 2 unspecified atom stereocenters. The number of ether oxygens (including phenoxy) is 2. The highest BCUT2D eigenvalue weighted by Crippen LogP contribution is 2.30. The van der Waals surface area contributed by atoms with Crippen molar-refractivity contribution >= 4 is 18.3 Å². The van der Waals surface area contributed by atoms with Crippen LogP contribution in [0.25, 0.3) is 0 Å². The number of piperidine rings is 1. The molecular formula is C20H31ClN2O3. The van der Waals surface area contributed by atoms with E-state index in [4.69, 9.17) is 9.47 Å². The monoisotopic (exact) mass is 382 g/mol. The van der Waals surface area contributed by atoms with Crippen LogP contribution < -0.4 is 20.1 Å². The van der Waals surface area contributed by atoms with Crippen LogP contribution >= 0.6 is 12.4 Å². The van der Waals surface area contributed by atoms with Gasteiger partial charge >= 0.3 is 0 Å². The minimum atomic E-state index is -0.0210. The predicted molar refractivity (Wildman–Crippen MR) is 106 cm³/mol. The van der Waals surface area contributed by atoms with Crippen molar-refractivity contribution < 1.29 is 14.3 Å². The average Bonchev–Trinajstić information content (AvgIpc) is 2.95. The van der Waals surface area contributed by atoms with Crippen molar-refractivity contribution in [3.8, 4) is 11.5 Å². The Balaban J connectivity index is 0.00000243. The summed E-state index contributed by atoms with van der Waals surface area (Å²) in [7, 11) is 0. The second-order valence-electron chi connectivity index (χ2n) is 7.08. The van der Waals surface area contributed by atoms with Crippen molar-refractivity contribution in [1.29, 1.82) is 0 Å². The smallest absolute Gasteiger partial charge is 0.251 e. The van der Waals surface area contributed by atoms with Gasteiger partial charge in [0, 0.05) is 23.7 Å². The van der Waals surface area contributed by atoms with Gasteiger partial charge in [0.15, 0.2) is 11.5 Å². The van der Waals surface area contributed by atoms with Crippen LogP contribution in [0.3, 0.4) is 0 Å². The van der Waals surface area contributed by atoms with Gasteiger partial charge in [0.1, 0.15) is 0 Å². The van der Waals surface area contributed by atoms with Crippen LogP contribution in [0.1, 0.15) is 62.7 Å². The molecule has 0 radical (unpaired) electrons. The first-order valence-corrected chi connectivity index (χ1v) is 9.66. The van der Waals surface area contributed by atoms with E-state index in [0.29, 0.717) is 42.4 Å². The Morgan fingerprint density at radius 1 is 1.15 bits per heavy atom. The lowest BCUT2D eigenvalue weighted by Crippen LogP contribution is -2.48. The van der Waals surface area contributed by atoms with Gasteiger partial charge in [0.2, 0.25) is 0 Å². The Kier molecular flexibility index (Phi) is 8.04. The maximum absolute atomic E-state index is 12.6. The second kappa shape index (κ2) is 10.0. The van der Waals surface area contributed by atoms with Gasteiger partial charge in [-0.15, -0.1) is 12.4 Å². The van der Waals surface area contributed by atoms with E-state index in [0.717, 1.165) is 25.7 Å². The standard InChI is InChI=1S/C20H30N2O3.ClH/c1-3-5-10-25-18-9-6-14(11-19(18)24-4-2)20(23)22-17-12-15-7-8-16(13-17)21-15;/h6,9,11,15-17,21H,3-5,7-8,10,12-13H2,1-2H3,(H,22,23);1H. The molecule has 0 aliphatic carbocycles. The molecule has 1 amide bonds. The van der Waals surface area contributed by atoms with Crippen molar-refractivity contribution in [2.45, 2.75) is 70.5 Å². The summed E-state index contributed by atoms with van der Waals surface area (Å²) in [6.07, 6.45) is 6.61. The van der Waals surface area contributed by atoms with E-state index in [1.165, 1.54) is 12.8 Å². The lowest BCUT2D eigenvalue weighted by molar-refractivity contribution is 0.0923. The molecule has 1 aromatic rings. The minimum absolute atomic E-state index is 0. The van der Waals surface area contributed by atoms with Crippen LogP contribution in [0.4, 0.5) is 0 Å². The number of hydrogen-bond acceptors (Lipinski definition) is 4. The fourth-order valence-corrected chi connectivity index (χ4v) is 3.81. The number of carbonyl (C=O) groups excluding carboxylic acids is 1. The predicted octanol–water partition coefficient (Wildman–Crippen LogP) is 3.70. The molecule has 0 spiro atoms. The first kappa shape index (κ1) is 20.8. The van der Waals surface area contributed by atoms with E-state index in [1.807, 2.05) is 19.1 Å². The molecular weight excluding hydrogens is 352 g/mol. The highest BCUT2D eigenvalue weighted by atomic mass is 35.5. The van der Waals surface area contributed by atoms with Crippen molar-refractivity contribution in [3.63, 3.8) is 0 Å². The summed E-state index contributed by atoms with van der Waals surface area (Å²) in [6, 6.07) is 6.88. The topological polar surface area (TPSA) is 59.6 Å². The van der Waals surface area contributed by atoms with Crippen molar-refractivity contribution in [3.05, 3.63) is 23.8 Å². The Morgan fingerprint density at radius 2 is 1.88 bits per heavy atom. The Labute approximate surface area is 162 Å². The molecule has 2 atom stereocenters. The molecule has 146 valence electrons. The van der Waals surface area contributed by atoms with Gasteiger partial charge in [-0.1, -0.05) is 13.3 Å². The molecule has 2 heterocycles. The molecule has 2 N–H and O–H groups in total. The SMILES string of the molecule is CCCCOc1ccc(C(=O)NC2CC3CCC(C2)N3)cc1OCC.Cl. The van der Waals surface area contributed by atoms with E-state index in [9.17, 15) is 4.79 Å². The molecule has 3 rings (SSSR count). The highest BCUT2D eigenvalue weighted by molar-refractivity contribution is 5.95. The number of benzene rings is 1. The number of fused-ring (bicyclic) bond motifs is 2. The molecule has 26 heavy (non-hydrogen) atoms. The van der Waals surface area contributed by atoms with Crippen LogP contribution in [0.15, 0.2) is 18.2 Å². The average molecular weight is 383 g/mol. The third-order valence-electron chi connectivity index (χ3n) is 5.07. The zero-order valence-corrected chi connectivity index (χ0v) is 16.6. The lowest BCUT2D eigenvalue weighted by atomic mass is 9.99. The third kappa shape index (κ3) is 5.27.